The molecule has 1 aliphatic heterocycles. The van der Waals surface area contributed by atoms with E-state index in [4.69, 9.17) is 26.1 Å². The van der Waals surface area contributed by atoms with Gasteiger partial charge in [0.25, 0.3) is 10.7 Å². The molecule has 0 saturated carbocycles. The Balaban J connectivity index is 1.66. The molecule has 2 heterocycles. The molecule has 1 atom stereocenters. The zero-order valence-corrected chi connectivity index (χ0v) is 13.6. The molecule has 1 aromatic carbocycles. The molecule has 0 bridgehead atoms. The molecule has 23 heavy (non-hydrogen) atoms. The van der Waals surface area contributed by atoms with Crippen molar-refractivity contribution in [2.45, 2.75) is 19.7 Å². The van der Waals surface area contributed by atoms with Crippen LogP contribution in [0.3, 0.4) is 0 Å². The fraction of sp³-hybridized carbons (Fsp3) is 0.467. The first-order valence-electron chi connectivity index (χ1n) is 7.42. The van der Waals surface area contributed by atoms with Crippen LogP contribution in [0.5, 0.6) is 5.75 Å². The number of hydrogen-bond acceptors (Lipinski definition) is 6. The summed E-state index contributed by atoms with van der Waals surface area (Å²) in [7, 11) is 0. The van der Waals surface area contributed by atoms with Gasteiger partial charge in [-0.3, -0.25) is 4.90 Å². The Morgan fingerprint density at radius 2 is 2.00 bits per heavy atom. The van der Waals surface area contributed by atoms with E-state index in [0.29, 0.717) is 36.4 Å². The first-order valence-corrected chi connectivity index (χ1v) is 7.83. The maximum Gasteiger partial charge on any atom is 0.288 e. The molecule has 8 heteroatoms. The van der Waals surface area contributed by atoms with Crippen molar-refractivity contribution < 1.29 is 18.3 Å². The normalized spacial score (nSPS) is 17.1. The Labute approximate surface area is 138 Å². The summed E-state index contributed by atoms with van der Waals surface area (Å²) in [6.07, 6.45) is -0.423. The minimum atomic E-state index is -0.423. The summed E-state index contributed by atoms with van der Waals surface area (Å²) in [6, 6.07) is 5.81. The lowest BCUT2D eigenvalue weighted by Crippen LogP contribution is -2.37. The van der Waals surface area contributed by atoms with Gasteiger partial charge in [0.2, 0.25) is 0 Å². The fourth-order valence-electron chi connectivity index (χ4n) is 2.28. The number of hydrogen-bond donors (Lipinski definition) is 0. The summed E-state index contributed by atoms with van der Waals surface area (Å²) < 4.78 is 31.1. The van der Waals surface area contributed by atoms with Gasteiger partial charge < -0.3 is 13.9 Å². The van der Waals surface area contributed by atoms with Gasteiger partial charge in [-0.2, -0.15) is 0 Å². The van der Waals surface area contributed by atoms with Gasteiger partial charge in [0.05, 0.1) is 19.9 Å². The van der Waals surface area contributed by atoms with E-state index in [2.05, 4.69) is 10.00 Å². The summed E-state index contributed by atoms with van der Waals surface area (Å²) in [6.45, 7) is 5.47. The predicted octanol–water partition coefficient (Wildman–Crippen LogP) is 2.77. The van der Waals surface area contributed by atoms with Crippen LogP contribution >= 0.6 is 12.2 Å². The van der Waals surface area contributed by atoms with Crippen molar-refractivity contribution in [2.75, 3.05) is 26.3 Å². The summed E-state index contributed by atoms with van der Waals surface area (Å²) in [4.78, 5) is 2.50. The molecule has 124 valence electrons. The average molecular weight is 339 g/mol. The van der Waals surface area contributed by atoms with Crippen LogP contribution in [0, 0.1) is 10.7 Å². The third kappa shape index (κ3) is 4.15. The molecule has 1 aromatic heterocycles. The highest BCUT2D eigenvalue weighted by atomic mass is 32.1. The Morgan fingerprint density at radius 3 is 2.70 bits per heavy atom. The van der Waals surface area contributed by atoms with Crippen molar-refractivity contribution in [3.8, 4) is 5.75 Å². The van der Waals surface area contributed by atoms with Crippen LogP contribution in [-0.4, -0.2) is 41.0 Å². The third-order valence-corrected chi connectivity index (χ3v) is 3.83. The number of benzene rings is 1. The minimum Gasteiger partial charge on any atom is -0.481 e. The molecular weight excluding hydrogens is 321 g/mol. The van der Waals surface area contributed by atoms with Crippen LogP contribution < -0.4 is 4.74 Å². The van der Waals surface area contributed by atoms with Crippen molar-refractivity contribution in [3.05, 3.63) is 40.8 Å². The highest BCUT2D eigenvalue weighted by Crippen LogP contribution is 2.21. The molecule has 0 spiro atoms. The molecule has 0 amide bonds. The van der Waals surface area contributed by atoms with Gasteiger partial charge in [-0.15, -0.1) is 5.10 Å². The van der Waals surface area contributed by atoms with Crippen LogP contribution in [-0.2, 0) is 11.4 Å². The second-order valence-electron chi connectivity index (χ2n) is 5.29. The molecule has 0 radical (unpaired) electrons. The summed E-state index contributed by atoms with van der Waals surface area (Å²) in [5.74, 6) is 0.632. The van der Waals surface area contributed by atoms with E-state index in [9.17, 15) is 4.39 Å². The van der Waals surface area contributed by atoms with Gasteiger partial charge in [-0.25, -0.2) is 9.07 Å². The number of rotatable bonds is 5. The summed E-state index contributed by atoms with van der Waals surface area (Å²) in [5.41, 5.74) is 0. The average Bonchev–Trinajstić information content (AvgIpc) is 2.92. The molecule has 6 nitrogen and oxygen atoms in total. The van der Waals surface area contributed by atoms with Crippen LogP contribution in [0.15, 0.2) is 28.7 Å². The largest absolute Gasteiger partial charge is 0.481 e. The van der Waals surface area contributed by atoms with Gasteiger partial charge in [-0.1, -0.05) is 0 Å². The van der Waals surface area contributed by atoms with E-state index >= 15 is 0 Å². The Morgan fingerprint density at radius 1 is 1.30 bits per heavy atom. The van der Waals surface area contributed by atoms with Crippen molar-refractivity contribution in [3.63, 3.8) is 0 Å². The van der Waals surface area contributed by atoms with E-state index in [1.54, 1.807) is 16.8 Å². The van der Waals surface area contributed by atoms with Crippen LogP contribution in [0.4, 0.5) is 4.39 Å². The number of ether oxygens (including phenoxy) is 2. The second-order valence-corrected chi connectivity index (χ2v) is 5.64. The Bertz CT molecular complexity index is 695. The fourth-order valence-corrected chi connectivity index (χ4v) is 2.46. The lowest BCUT2D eigenvalue weighted by Gasteiger charge is -2.25. The van der Waals surface area contributed by atoms with E-state index in [0.717, 1.165) is 13.1 Å². The van der Waals surface area contributed by atoms with Gasteiger partial charge in [0.1, 0.15) is 11.6 Å². The third-order valence-electron chi connectivity index (χ3n) is 3.53. The molecule has 1 fully saturated rings. The lowest BCUT2D eigenvalue weighted by molar-refractivity contribution is 0.0206. The molecule has 1 saturated heterocycles. The van der Waals surface area contributed by atoms with E-state index in [1.807, 2.05) is 6.92 Å². The topological polar surface area (TPSA) is 52.7 Å². The standard InChI is InChI=1S/C15H18FN3O3S/c1-11(21-13-4-2-12(16)3-5-13)14-17-19(15(23)22-14)10-18-6-8-20-9-7-18/h2-5,11H,6-10H2,1H3/t11-/m1/s1. The highest BCUT2D eigenvalue weighted by molar-refractivity contribution is 7.71. The van der Waals surface area contributed by atoms with Crippen molar-refractivity contribution in [1.82, 2.24) is 14.7 Å². The molecule has 0 aliphatic carbocycles. The van der Waals surface area contributed by atoms with Gasteiger partial charge in [0.15, 0.2) is 6.10 Å². The number of aromatic nitrogens is 2. The van der Waals surface area contributed by atoms with Gasteiger partial charge >= 0.3 is 0 Å². The van der Waals surface area contributed by atoms with Crippen LogP contribution in [0.1, 0.15) is 18.9 Å². The molecule has 2 aromatic rings. The molecule has 0 N–H and O–H groups in total. The summed E-state index contributed by atoms with van der Waals surface area (Å²) in [5, 5.41) is 4.38. The van der Waals surface area contributed by atoms with E-state index in [1.165, 1.54) is 12.1 Å². The SMILES string of the molecule is C[C@@H](Oc1ccc(F)cc1)c1nn(CN2CCOCC2)c(=S)o1. The quantitative estimate of drug-likeness (QED) is 0.781. The van der Waals surface area contributed by atoms with Crippen molar-refractivity contribution in [1.29, 1.82) is 0 Å². The monoisotopic (exact) mass is 339 g/mol. The van der Waals surface area contributed by atoms with Crippen molar-refractivity contribution in [2.24, 2.45) is 0 Å². The van der Waals surface area contributed by atoms with E-state index in [-0.39, 0.29) is 5.82 Å². The maximum absolute atomic E-state index is 12.9. The van der Waals surface area contributed by atoms with Crippen LogP contribution in [0.25, 0.3) is 0 Å². The van der Waals surface area contributed by atoms with Crippen LogP contribution in [0.2, 0.25) is 0 Å². The Kier molecular flexibility index (Phi) is 5.04. The minimum absolute atomic E-state index is 0.307. The predicted molar refractivity (Wildman–Crippen MR) is 83.2 cm³/mol. The highest BCUT2D eigenvalue weighted by Gasteiger charge is 2.18. The summed E-state index contributed by atoms with van der Waals surface area (Å²) >= 11 is 5.21. The molecule has 0 unspecified atom stereocenters. The maximum atomic E-state index is 12.9. The number of halogens is 1. The first kappa shape index (κ1) is 16.1. The van der Waals surface area contributed by atoms with E-state index < -0.39 is 6.10 Å². The van der Waals surface area contributed by atoms with Gasteiger partial charge in [0, 0.05) is 13.1 Å². The Hall–Kier alpha value is -1.77. The first-order chi connectivity index (χ1) is 11.1. The zero-order chi connectivity index (χ0) is 16.2. The molecule has 1 aliphatic rings. The second kappa shape index (κ2) is 7.20. The number of morpholine rings is 1. The molecule has 3 rings (SSSR count). The smallest absolute Gasteiger partial charge is 0.288 e. The number of nitrogens with zero attached hydrogens (tertiary/aromatic N) is 3. The molecular formula is C15H18FN3O3S. The van der Waals surface area contributed by atoms with Crippen molar-refractivity contribution >= 4 is 12.2 Å². The van der Waals surface area contributed by atoms with Gasteiger partial charge in [-0.05, 0) is 43.4 Å². The lowest BCUT2D eigenvalue weighted by atomic mass is 10.3. The zero-order valence-electron chi connectivity index (χ0n) is 12.8.